The van der Waals surface area contributed by atoms with Gasteiger partial charge in [-0.3, -0.25) is 0 Å². The minimum absolute atomic E-state index is 0.244. The molecule has 1 aromatic carbocycles. The molecule has 0 saturated carbocycles. The fourth-order valence-electron chi connectivity index (χ4n) is 2.58. The van der Waals surface area contributed by atoms with E-state index in [1.165, 1.54) is 23.2 Å². The van der Waals surface area contributed by atoms with Gasteiger partial charge in [-0.15, -0.1) is 0 Å². The number of fused-ring (bicyclic) bond motifs is 1. The van der Waals surface area contributed by atoms with Crippen LogP contribution in [0.2, 0.25) is 0 Å². The summed E-state index contributed by atoms with van der Waals surface area (Å²) in [6, 6.07) is 6.48. The summed E-state index contributed by atoms with van der Waals surface area (Å²) in [4.78, 5) is 2.46. The van der Waals surface area contributed by atoms with Gasteiger partial charge in [-0.1, -0.05) is 19.1 Å². The molecule has 1 aromatic rings. The smallest absolute Gasteiger partial charge is 0.0552 e. The molecule has 1 aliphatic heterocycles. The van der Waals surface area contributed by atoms with E-state index < -0.39 is 0 Å². The first-order valence-electron chi connectivity index (χ1n) is 6.26. The minimum atomic E-state index is -0.244. The van der Waals surface area contributed by atoms with Gasteiger partial charge in [0.1, 0.15) is 0 Å². The van der Waals surface area contributed by atoms with Gasteiger partial charge >= 0.3 is 0 Å². The molecule has 0 bridgehead atoms. The molecule has 1 aliphatic rings. The number of nitrogens with zero attached hydrogens (tertiary/aromatic N) is 1. The van der Waals surface area contributed by atoms with E-state index in [1.54, 1.807) is 0 Å². The maximum absolute atomic E-state index is 9.49. The van der Waals surface area contributed by atoms with E-state index in [0.29, 0.717) is 0 Å². The van der Waals surface area contributed by atoms with Crippen molar-refractivity contribution in [2.24, 2.45) is 0 Å². The molecule has 0 radical (unpaired) electrons. The largest absolute Gasteiger partial charge is 0.393 e. The van der Waals surface area contributed by atoms with Gasteiger partial charge in [-0.05, 0) is 43.4 Å². The fourth-order valence-corrected chi connectivity index (χ4v) is 2.58. The highest BCUT2D eigenvalue weighted by Crippen LogP contribution is 2.31. The summed E-state index contributed by atoms with van der Waals surface area (Å²) in [6.07, 6.45) is 2.87. The van der Waals surface area contributed by atoms with Gasteiger partial charge in [0.25, 0.3) is 0 Å². The van der Waals surface area contributed by atoms with Crippen LogP contribution in [0.25, 0.3) is 0 Å². The number of benzene rings is 1. The van der Waals surface area contributed by atoms with Crippen molar-refractivity contribution < 1.29 is 5.11 Å². The van der Waals surface area contributed by atoms with Crippen LogP contribution in [-0.4, -0.2) is 24.3 Å². The summed E-state index contributed by atoms with van der Waals surface area (Å²) < 4.78 is 0. The molecule has 16 heavy (non-hydrogen) atoms. The molecular formula is C14H21NO. The van der Waals surface area contributed by atoms with E-state index in [4.69, 9.17) is 0 Å². The Balaban J connectivity index is 2.25. The van der Waals surface area contributed by atoms with Gasteiger partial charge in [0.05, 0.1) is 6.10 Å². The van der Waals surface area contributed by atoms with Gasteiger partial charge in [-0.25, -0.2) is 0 Å². The topological polar surface area (TPSA) is 23.5 Å². The first-order chi connectivity index (χ1) is 7.72. The third-order valence-corrected chi connectivity index (χ3v) is 3.23. The third kappa shape index (κ3) is 2.22. The number of aliphatic hydroxyl groups excluding tert-OH is 1. The van der Waals surface area contributed by atoms with Crippen molar-refractivity contribution in [3.05, 3.63) is 29.3 Å². The molecule has 0 fully saturated rings. The normalized spacial score (nSPS) is 16.3. The molecule has 1 heterocycles. The standard InChI is InChI=1S/C14H21NO/c1-3-8-15-9-7-13-12(10-11(2)16)5-4-6-14(13)15/h4-6,11,16H,3,7-10H2,1-2H3. The van der Waals surface area contributed by atoms with Crippen molar-refractivity contribution in [3.8, 4) is 0 Å². The predicted octanol–water partition coefficient (Wildman–Crippen LogP) is 2.38. The highest BCUT2D eigenvalue weighted by Gasteiger charge is 2.20. The van der Waals surface area contributed by atoms with Crippen molar-refractivity contribution in [2.75, 3.05) is 18.0 Å². The lowest BCUT2D eigenvalue weighted by atomic mass is 10.00. The van der Waals surface area contributed by atoms with E-state index in [2.05, 4.69) is 30.0 Å². The Labute approximate surface area is 97.9 Å². The Morgan fingerprint density at radius 1 is 1.44 bits per heavy atom. The molecular weight excluding hydrogens is 198 g/mol. The summed E-state index contributed by atoms with van der Waals surface area (Å²) >= 11 is 0. The van der Waals surface area contributed by atoms with E-state index in [-0.39, 0.29) is 6.10 Å². The summed E-state index contributed by atoms with van der Waals surface area (Å²) in [5.74, 6) is 0. The SMILES string of the molecule is CCCN1CCc2c(CC(C)O)cccc21. The van der Waals surface area contributed by atoms with Crippen molar-refractivity contribution >= 4 is 5.69 Å². The Morgan fingerprint density at radius 3 is 2.94 bits per heavy atom. The Hall–Kier alpha value is -1.02. The second kappa shape index (κ2) is 4.88. The summed E-state index contributed by atoms with van der Waals surface area (Å²) in [5, 5.41) is 9.49. The highest BCUT2D eigenvalue weighted by atomic mass is 16.3. The number of hydrogen-bond acceptors (Lipinski definition) is 2. The second-order valence-electron chi connectivity index (χ2n) is 4.71. The molecule has 0 aliphatic carbocycles. The van der Waals surface area contributed by atoms with Crippen LogP contribution >= 0.6 is 0 Å². The van der Waals surface area contributed by atoms with Crippen LogP contribution in [-0.2, 0) is 12.8 Å². The molecule has 0 spiro atoms. The van der Waals surface area contributed by atoms with Crippen LogP contribution in [0.4, 0.5) is 5.69 Å². The van der Waals surface area contributed by atoms with Crippen molar-refractivity contribution in [3.63, 3.8) is 0 Å². The van der Waals surface area contributed by atoms with Gasteiger partial charge in [-0.2, -0.15) is 0 Å². The summed E-state index contributed by atoms with van der Waals surface area (Å²) in [6.45, 7) is 6.36. The van der Waals surface area contributed by atoms with E-state index >= 15 is 0 Å². The molecule has 1 unspecified atom stereocenters. The first-order valence-corrected chi connectivity index (χ1v) is 6.26. The van der Waals surface area contributed by atoms with E-state index in [0.717, 1.165) is 25.9 Å². The highest BCUT2D eigenvalue weighted by molar-refractivity contribution is 5.60. The van der Waals surface area contributed by atoms with Crippen LogP contribution in [0.1, 0.15) is 31.4 Å². The van der Waals surface area contributed by atoms with Gasteiger partial charge in [0.15, 0.2) is 0 Å². The van der Waals surface area contributed by atoms with E-state index in [1.807, 2.05) is 6.92 Å². The zero-order chi connectivity index (χ0) is 11.5. The number of hydrogen-bond donors (Lipinski definition) is 1. The molecule has 1 N–H and O–H groups in total. The Bertz CT molecular complexity index is 360. The molecule has 0 amide bonds. The predicted molar refractivity (Wildman–Crippen MR) is 68.0 cm³/mol. The molecule has 1 atom stereocenters. The van der Waals surface area contributed by atoms with Crippen molar-refractivity contribution in [1.29, 1.82) is 0 Å². The van der Waals surface area contributed by atoms with Crippen LogP contribution in [0, 0.1) is 0 Å². The average Bonchev–Trinajstić information content (AvgIpc) is 2.63. The maximum atomic E-state index is 9.49. The zero-order valence-electron chi connectivity index (χ0n) is 10.2. The van der Waals surface area contributed by atoms with Crippen molar-refractivity contribution in [1.82, 2.24) is 0 Å². The van der Waals surface area contributed by atoms with Crippen molar-refractivity contribution in [2.45, 2.75) is 39.2 Å². The molecule has 0 saturated heterocycles. The first kappa shape index (κ1) is 11.5. The van der Waals surface area contributed by atoms with Crippen LogP contribution in [0.3, 0.4) is 0 Å². The molecule has 2 nitrogen and oxygen atoms in total. The zero-order valence-corrected chi connectivity index (χ0v) is 10.2. The third-order valence-electron chi connectivity index (χ3n) is 3.23. The number of aliphatic hydroxyl groups is 1. The Morgan fingerprint density at radius 2 is 2.25 bits per heavy atom. The number of rotatable bonds is 4. The monoisotopic (exact) mass is 219 g/mol. The quantitative estimate of drug-likeness (QED) is 0.840. The molecule has 0 aromatic heterocycles. The maximum Gasteiger partial charge on any atom is 0.0552 e. The lowest BCUT2D eigenvalue weighted by molar-refractivity contribution is 0.195. The van der Waals surface area contributed by atoms with Gasteiger partial charge < -0.3 is 10.0 Å². The van der Waals surface area contributed by atoms with Crippen LogP contribution < -0.4 is 4.90 Å². The van der Waals surface area contributed by atoms with Crippen LogP contribution in [0.5, 0.6) is 0 Å². The lowest BCUT2D eigenvalue weighted by Gasteiger charge is -2.19. The summed E-state index contributed by atoms with van der Waals surface area (Å²) in [5.41, 5.74) is 4.17. The van der Waals surface area contributed by atoms with E-state index in [9.17, 15) is 5.11 Å². The second-order valence-corrected chi connectivity index (χ2v) is 4.71. The molecule has 2 rings (SSSR count). The van der Waals surface area contributed by atoms with Gasteiger partial charge in [0.2, 0.25) is 0 Å². The summed E-state index contributed by atoms with van der Waals surface area (Å²) in [7, 11) is 0. The molecule has 2 heteroatoms. The van der Waals surface area contributed by atoms with Gasteiger partial charge in [0, 0.05) is 18.8 Å². The molecule has 88 valence electrons. The lowest BCUT2D eigenvalue weighted by Crippen LogP contribution is -2.20. The average molecular weight is 219 g/mol. The minimum Gasteiger partial charge on any atom is -0.393 e. The fraction of sp³-hybridized carbons (Fsp3) is 0.571. The Kier molecular flexibility index (Phi) is 3.49. The number of anilines is 1. The van der Waals surface area contributed by atoms with Crippen LogP contribution in [0.15, 0.2) is 18.2 Å².